The van der Waals surface area contributed by atoms with Gasteiger partial charge in [-0.1, -0.05) is 30.3 Å². The minimum atomic E-state index is 0.0219. The Hall–Kier alpha value is -2.27. The predicted octanol–water partition coefficient (Wildman–Crippen LogP) is 2.65. The van der Waals surface area contributed by atoms with Gasteiger partial charge in [0, 0.05) is 52.2 Å². The Morgan fingerprint density at radius 1 is 1.20 bits per heavy atom. The van der Waals surface area contributed by atoms with Gasteiger partial charge in [0.15, 0.2) is 0 Å². The molecule has 134 valence electrons. The van der Waals surface area contributed by atoms with E-state index in [1.165, 1.54) is 5.56 Å². The first-order chi connectivity index (χ1) is 12.2. The molecule has 1 aromatic heterocycles. The summed E-state index contributed by atoms with van der Waals surface area (Å²) in [6.45, 7) is 5.47. The van der Waals surface area contributed by atoms with Crippen LogP contribution in [0, 0.1) is 5.92 Å². The average molecular weight is 340 g/mol. The second-order valence-electron chi connectivity index (χ2n) is 6.91. The number of hydrogen-bond donors (Lipinski definition) is 1. The fourth-order valence-corrected chi connectivity index (χ4v) is 3.46. The molecular weight excluding hydrogens is 312 g/mol. The lowest BCUT2D eigenvalue weighted by Gasteiger charge is -2.22. The molecule has 1 aromatic carbocycles. The zero-order valence-corrected chi connectivity index (χ0v) is 15.0. The number of amides is 2. The van der Waals surface area contributed by atoms with Crippen molar-refractivity contribution in [1.82, 2.24) is 19.7 Å². The van der Waals surface area contributed by atoms with Crippen molar-refractivity contribution in [2.75, 3.05) is 33.2 Å². The summed E-state index contributed by atoms with van der Waals surface area (Å²) in [7, 11) is 1.89. The van der Waals surface area contributed by atoms with E-state index < -0.39 is 0 Å². The molecule has 0 unspecified atom stereocenters. The molecule has 1 fully saturated rings. The van der Waals surface area contributed by atoms with Crippen molar-refractivity contribution in [2.24, 2.45) is 5.92 Å². The van der Waals surface area contributed by atoms with Crippen molar-refractivity contribution in [2.45, 2.75) is 19.5 Å². The largest absolute Gasteiger partial charge is 0.353 e. The molecule has 1 saturated heterocycles. The van der Waals surface area contributed by atoms with Gasteiger partial charge < -0.3 is 14.8 Å². The number of aromatic nitrogens is 1. The van der Waals surface area contributed by atoms with E-state index in [0.29, 0.717) is 12.5 Å². The van der Waals surface area contributed by atoms with E-state index >= 15 is 0 Å². The van der Waals surface area contributed by atoms with E-state index in [-0.39, 0.29) is 6.03 Å². The van der Waals surface area contributed by atoms with Crippen LogP contribution < -0.4 is 5.32 Å². The van der Waals surface area contributed by atoms with Crippen molar-refractivity contribution >= 4 is 6.03 Å². The molecule has 1 atom stereocenters. The van der Waals surface area contributed by atoms with Gasteiger partial charge in [0.25, 0.3) is 0 Å². The van der Waals surface area contributed by atoms with Crippen LogP contribution in [0.15, 0.2) is 54.9 Å². The van der Waals surface area contributed by atoms with Crippen LogP contribution in [-0.2, 0) is 13.1 Å². The Labute approximate surface area is 150 Å². The summed E-state index contributed by atoms with van der Waals surface area (Å²) in [4.78, 5) is 16.5. The molecule has 2 amide bonds. The molecular formula is C20H28N4O. The number of likely N-dealkylation sites (tertiary alicyclic amines) is 1. The van der Waals surface area contributed by atoms with Gasteiger partial charge in [-0.05, 0) is 36.6 Å². The lowest BCUT2D eigenvalue weighted by Crippen LogP contribution is -2.41. The summed E-state index contributed by atoms with van der Waals surface area (Å²) >= 11 is 0. The normalized spacial score (nSPS) is 17.6. The fourth-order valence-electron chi connectivity index (χ4n) is 3.46. The first-order valence-corrected chi connectivity index (χ1v) is 9.07. The average Bonchev–Trinajstić information content (AvgIpc) is 3.28. The molecule has 1 aliphatic heterocycles. The van der Waals surface area contributed by atoms with Gasteiger partial charge >= 0.3 is 6.03 Å². The zero-order chi connectivity index (χ0) is 17.5. The lowest BCUT2D eigenvalue weighted by atomic mass is 10.1. The molecule has 0 spiro atoms. The first-order valence-electron chi connectivity index (χ1n) is 9.07. The second kappa shape index (κ2) is 8.72. The molecule has 0 saturated carbocycles. The van der Waals surface area contributed by atoms with E-state index in [1.54, 1.807) is 0 Å². The maximum atomic E-state index is 12.2. The van der Waals surface area contributed by atoms with Gasteiger partial charge in [0.2, 0.25) is 0 Å². The third kappa shape index (κ3) is 5.36. The summed E-state index contributed by atoms with van der Waals surface area (Å²) in [6.07, 6.45) is 5.18. The van der Waals surface area contributed by atoms with Gasteiger partial charge in [-0.15, -0.1) is 0 Å². The Bertz CT molecular complexity index is 641. The van der Waals surface area contributed by atoms with Crippen LogP contribution in [0.4, 0.5) is 4.79 Å². The number of carbonyl (C=O) groups is 1. The number of benzene rings is 1. The van der Waals surface area contributed by atoms with E-state index in [4.69, 9.17) is 0 Å². The number of rotatable bonds is 7. The van der Waals surface area contributed by atoms with Crippen molar-refractivity contribution in [1.29, 1.82) is 0 Å². The maximum absolute atomic E-state index is 12.2. The van der Waals surface area contributed by atoms with Crippen LogP contribution in [0.1, 0.15) is 12.0 Å². The number of hydrogen-bond acceptors (Lipinski definition) is 2. The van der Waals surface area contributed by atoms with E-state index in [9.17, 15) is 4.79 Å². The van der Waals surface area contributed by atoms with E-state index in [2.05, 4.69) is 45.1 Å². The van der Waals surface area contributed by atoms with Crippen molar-refractivity contribution in [3.63, 3.8) is 0 Å². The molecule has 0 bridgehead atoms. The van der Waals surface area contributed by atoms with Crippen LogP contribution in [0.25, 0.3) is 0 Å². The molecule has 2 aromatic rings. The molecule has 0 aliphatic carbocycles. The standard InChI is InChI=1S/C20H28N4O/c1-22(20(25)21-10-14-23-11-5-6-12-23)15-19-9-13-24(17-19)16-18-7-3-2-4-8-18/h2-8,11-12,19H,9-10,13-17H2,1H3,(H,21,25)/t19-/m1/s1. The third-order valence-electron chi connectivity index (χ3n) is 4.81. The minimum absolute atomic E-state index is 0.0219. The van der Waals surface area contributed by atoms with E-state index in [0.717, 1.165) is 39.1 Å². The SMILES string of the molecule is CN(C[C@H]1CCN(Cc2ccccc2)C1)C(=O)NCCn1cccc1. The summed E-state index contributed by atoms with van der Waals surface area (Å²) < 4.78 is 2.07. The predicted molar refractivity (Wildman–Crippen MR) is 100 cm³/mol. The Balaban J connectivity index is 1.36. The van der Waals surface area contributed by atoms with Crippen LogP contribution in [-0.4, -0.2) is 53.6 Å². The van der Waals surface area contributed by atoms with Crippen molar-refractivity contribution in [3.05, 3.63) is 60.4 Å². The second-order valence-corrected chi connectivity index (χ2v) is 6.91. The zero-order valence-electron chi connectivity index (χ0n) is 15.0. The van der Waals surface area contributed by atoms with Gasteiger partial charge in [-0.25, -0.2) is 4.79 Å². The molecule has 0 radical (unpaired) electrons. The Morgan fingerprint density at radius 3 is 2.72 bits per heavy atom. The molecule has 3 rings (SSSR count). The minimum Gasteiger partial charge on any atom is -0.353 e. The maximum Gasteiger partial charge on any atom is 0.317 e. The topological polar surface area (TPSA) is 40.5 Å². The summed E-state index contributed by atoms with van der Waals surface area (Å²) in [5.74, 6) is 0.559. The summed E-state index contributed by atoms with van der Waals surface area (Å²) in [5, 5.41) is 3.00. The molecule has 5 nitrogen and oxygen atoms in total. The highest BCUT2D eigenvalue weighted by molar-refractivity contribution is 5.73. The highest BCUT2D eigenvalue weighted by atomic mass is 16.2. The van der Waals surface area contributed by atoms with Crippen LogP contribution >= 0.6 is 0 Å². The molecule has 2 heterocycles. The molecule has 25 heavy (non-hydrogen) atoms. The lowest BCUT2D eigenvalue weighted by molar-refractivity contribution is 0.199. The van der Waals surface area contributed by atoms with Crippen molar-refractivity contribution in [3.8, 4) is 0 Å². The number of nitrogens with one attached hydrogen (secondary N) is 1. The summed E-state index contributed by atoms with van der Waals surface area (Å²) in [5.41, 5.74) is 1.36. The monoisotopic (exact) mass is 340 g/mol. The quantitative estimate of drug-likeness (QED) is 0.842. The molecule has 5 heteroatoms. The van der Waals surface area contributed by atoms with Gasteiger partial charge in [0.1, 0.15) is 0 Å². The Morgan fingerprint density at radius 2 is 1.96 bits per heavy atom. The van der Waals surface area contributed by atoms with Crippen LogP contribution in [0.2, 0.25) is 0 Å². The van der Waals surface area contributed by atoms with Crippen LogP contribution in [0.5, 0.6) is 0 Å². The highest BCUT2D eigenvalue weighted by Gasteiger charge is 2.24. The fraction of sp³-hybridized carbons (Fsp3) is 0.450. The van der Waals surface area contributed by atoms with Gasteiger partial charge in [-0.3, -0.25) is 4.90 Å². The number of urea groups is 1. The van der Waals surface area contributed by atoms with Crippen LogP contribution in [0.3, 0.4) is 0 Å². The molecule has 1 N–H and O–H groups in total. The van der Waals surface area contributed by atoms with Crippen molar-refractivity contribution < 1.29 is 4.79 Å². The molecule has 1 aliphatic rings. The van der Waals surface area contributed by atoms with Gasteiger partial charge in [0.05, 0.1) is 0 Å². The highest BCUT2D eigenvalue weighted by Crippen LogP contribution is 2.19. The summed E-state index contributed by atoms with van der Waals surface area (Å²) in [6, 6.07) is 14.6. The van der Waals surface area contributed by atoms with Gasteiger partial charge in [-0.2, -0.15) is 0 Å². The Kier molecular flexibility index (Phi) is 6.12. The van der Waals surface area contributed by atoms with E-state index in [1.807, 2.05) is 36.5 Å². The number of nitrogens with zero attached hydrogens (tertiary/aromatic N) is 3. The smallest absolute Gasteiger partial charge is 0.317 e. The number of carbonyl (C=O) groups excluding carboxylic acids is 1. The first kappa shape index (κ1) is 17.5. The third-order valence-corrected chi connectivity index (χ3v) is 4.81.